The Morgan fingerprint density at radius 2 is 1.79 bits per heavy atom. The average molecular weight is 329 g/mol. The monoisotopic (exact) mass is 329 g/mol. The van der Waals surface area contributed by atoms with Crippen molar-refractivity contribution in [3.05, 3.63) is 35.4 Å². The molecule has 1 atom stereocenters. The van der Waals surface area contributed by atoms with Crippen LogP contribution >= 0.6 is 0 Å². The molecule has 2 fully saturated rings. The number of rotatable bonds is 3. The van der Waals surface area contributed by atoms with E-state index < -0.39 is 0 Å². The van der Waals surface area contributed by atoms with E-state index in [1.807, 2.05) is 36.1 Å². The normalized spacial score (nSPS) is 22.2. The van der Waals surface area contributed by atoms with E-state index in [2.05, 4.69) is 10.6 Å². The topological polar surface area (TPSA) is 61.4 Å². The fraction of sp³-hybridized carbons (Fsp3) is 0.579. The van der Waals surface area contributed by atoms with Crippen LogP contribution in [0.1, 0.15) is 48.0 Å². The van der Waals surface area contributed by atoms with Gasteiger partial charge in [-0.1, -0.05) is 24.1 Å². The van der Waals surface area contributed by atoms with E-state index >= 15 is 0 Å². The molecule has 1 unspecified atom stereocenters. The molecule has 2 aliphatic heterocycles. The first-order valence-electron chi connectivity index (χ1n) is 9.03. The maximum Gasteiger partial charge on any atom is 0.253 e. The second-order valence-corrected chi connectivity index (χ2v) is 6.94. The molecule has 0 spiro atoms. The molecule has 2 N–H and O–H groups in total. The van der Waals surface area contributed by atoms with Crippen LogP contribution < -0.4 is 10.6 Å². The van der Waals surface area contributed by atoms with Gasteiger partial charge in [-0.15, -0.1) is 0 Å². The lowest BCUT2D eigenvalue weighted by atomic mass is 10.0. The molecule has 130 valence electrons. The van der Waals surface area contributed by atoms with Crippen molar-refractivity contribution in [1.82, 2.24) is 15.5 Å². The first kappa shape index (κ1) is 17.0. The third kappa shape index (κ3) is 4.15. The van der Waals surface area contributed by atoms with Crippen LogP contribution in [0.4, 0.5) is 0 Å². The van der Waals surface area contributed by atoms with E-state index in [-0.39, 0.29) is 23.9 Å². The van der Waals surface area contributed by atoms with Gasteiger partial charge in [-0.2, -0.15) is 0 Å². The van der Waals surface area contributed by atoms with Gasteiger partial charge in [-0.25, -0.2) is 0 Å². The van der Waals surface area contributed by atoms with Crippen LogP contribution in [-0.4, -0.2) is 48.4 Å². The molecular formula is C19H27N3O2. The van der Waals surface area contributed by atoms with Gasteiger partial charge in [-0.05, 0) is 51.3 Å². The van der Waals surface area contributed by atoms with Gasteiger partial charge in [0.2, 0.25) is 5.91 Å². The van der Waals surface area contributed by atoms with Crippen molar-refractivity contribution in [2.75, 3.05) is 19.6 Å². The zero-order chi connectivity index (χ0) is 16.9. The SMILES string of the molecule is Cc1ccc(C(=O)N2CCC(NC(=O)C3CCCCN3)CC2)cc1. The molecule has 1 aromatic rings. The number of carbonyl (C=O) groups excluding carboxylic acids is 2. The molecule has 0 aliphatic carbocycles. The minimum absolute atomic E-state index is 0.0361. The second kappa shape index (κ2) is 7.79. The first-order valence-corrected chi connectivity index (χ1v) is 9.03. The number of nitrogens with one attached hydrogen (secondary N) is 2. The zero-order valence-corrected chi connectivity index (χ0v) is 14.4. The summed E-state index contributed by atoms with van der Waals surface area (Å²) < 4.78 is 0. The van der Waals surface area contributed by atoms with Gasteiger partial charge in [-0.3, -0.25) is 9.59 Å². The highest BCUT2D eigenvalue weighted by Gasteiger charge is 2.27. The Kier molecular flexibility index (Phi) is 5.51. The number of benzene rings is 1. The Morgan fingerprint density at radius 3 is 2.42 bits per heavy atom. The number of piperidine rings is 2. The molecule has 2 saturated heterocycles. The van der Waals surface area contributed by atoms with Gasteiger partial charge in [0.25, 0.3) is 5.91 Å². The lowest BCUT2D eigenvalue weighted by Gasteiger charge is -2.33. The number of likely N-dealkylation sites (tertiary alicyclic amines) is 1. The quantitative estimate of drug-likeness (QED) is 0.890. The summed E-state index contributed by atoms with van der Waals surface area (Å²) in [6.45, 7) is 4.36. The van der Waals surface area contributed by atoms with Crippen molar-refractivity contribution in [3.8, 4) is 0 Å². The number of amides is 2. The van der Waals surface area contributed by atoms with Crippen LogP contribution in [-0.2, 0) is 4.79 Å². The van der Waals surface area contributed by atoms with Crippen LogP contribution in [0.3, 0.4) is 0 Å². The third-order valence-corrected chi connectivity index (χ3v) is 5.05. The summed E-state index contributed by atoms with van der Waals surface area (Å²) in [4.78, 5) is 26.7. The molecule has 0 saturated carbocycles. The summed E-state index contributed by atoms with van der Waals surface area (Å²) >= 11 is 0. The Bertz CT molecular complexity index is 571. The van der Waals surface area contributed by atoms with Crippen molar-refractivity contribution in [2.45, 2.75) is 51.1 Å². The average Bonchev–Trinajstić information content (AvgIpc) is 2.63. The highest BCUT2D eigenvalue weighted by molar-refractivity contribution is 5.94. The van der Waals surface area contributed by atoms with Crippen molar-refractivity contribution in [3.63, 3.8) is 0 Å². The highest BCUT2D eigenvalue weighted by Crippen LogP contribution is 2.15. The Labute approximate surface area is 143 Å². The molecule has 5 heteroatoms. The summed E-state index contributed by atoms with van der Waals surface area (Å²) in [5.74, 6) is 0.215. The van der Waals surface area contributed by atoms with Crippen LogP contribution in [0.2, 0.25) is 0 Å². The molecule has 2 heterocycles. The zero-order valence-electron chi connectivity index (χ0n) is 14.4. The molecule has 1 aromatic carbocycles. The number of nitrogens with zero attached hydrogens (tertiary/aromatic N) is 1. The van der Waals surface area contributed by atoms with Crippen molar-refractivity contribution >= 4 is 11.8 Å². The molecule has 3 rings (SSSR count). The minimum Gasteiger partial charge on any atom is -0.352 e. The van der Waals surface area contributed by atoms with E-state index in [1.54, 1.807) is 0 Å². The van der Waals surface area contributed by atoms with Crippen LogP contribution in [0.5, 0.6) is 0 Å². The van der Waals surface area contributed by atoms with E-state index in [1.165, 1.54) is 0 Å². The number of hydrogen-bond acceptors (Lipinski definition) is 3. The lowest BCUT2D eigenvalue weighted by Crippen LogP contribution is -2.52. The maximum absolute atomic E-state index is 12.5. The smallest absolute Gasteiger partial charge is 0.253 e. The first-order chi connectivity index (χ1) is 11.6. The predicted molar refractivity (Wildman–Crippen MR) is 93.9 cm³/mol. The number of carbonyl (C=O) groups is 2. The highest BCUT2D eigenvalue weighted by atomic mass is 16.2. The number of aryl methyl sites for hydroxylation is 1. The van der Waals surface area contributed by atoms with Gasteiger partial charge >= 0.3 is 0 Å². The van der Waals surface area contributed by atoms with Gasteiger partial charge in [0.1, 0.15) is 0 Å². The molecule has 5 nitrogen and oxygen atoms in total. The van der Waals surface area contributed by atoms with Crippen molar-refractivity contribution in [2.24, 2.45) is 0 Å². The summed E-state index contributed by atoms with van der Waals surface area (Å²) in [6, 6.07) is 7.87. The molecule has 0 bridgehead atoms. The van der Waals surface area contributed by atoms with Crippen LogP contribution in [0.15, 0.2) is 24.3 Å². The van der Waals surface area contributed by atoms with E-state index in [9.17, 15) is 9.59 Å². The molecule has 0 aromatic heterocycles. The molecule has 2 aliphatic rings. The summed E-state index contributed by atoms with van der Waals surface area (Å²) in [6.07, 6.45) is 4.86. The summed E-state index contributed by atoms with van der Waals surface area (Å²) in [5, 5.41) is 6.44. The fourth-order valence-corrected chi connectivity index (χ4v) is 3.48. The van der Waals surface area contributed by atoms with Crippen molar-refractivity contribution < 1.29 is 9.59 Å². The number of hydrogen-bond donors (Lipinski definition) is 2. The van der Waals surface area contributed by atoms with Crippen molar-refractivity contribution in [1.29, 1.82) is 0 Å². The van der Waals surface area contributed by atoms with Gasteiger partial charge < -0.3 is 15.5 Å². The maximum atomic E-state index is 12.5. The third-order valence-electron chi connectivity index (χ3n) is 5.05. The largest absolute Gasteiger partial charge is 0.352 e. The molecule has 0 radical (unpaired) electrons. The standard InChI is InChI=1S/C19H27N3O2/c1-14-5-7-15(8-6-14)19(24)22-12-9-16(10-13-22)21-18(23)17-4-2-3-11-20-17/h5-8,16-17,20H,2-4,9-13H2,1H3,(H,21,23). The lowest BCUT2D eigenvalue weighted by molar-refractivity contribution is -0.124. The van der Waals surface area contributed by atoms with Crippen LogP contribution in [0.25, 0.3) is 0 Å². The second-order valence-electron chi connectivity index (χ2n) is 6.94. The Balaban J connectivity index is 1.47. The van der Waals surface area contributed by atoms with Gasteiger partial charge in [0.15, 0.2) is 0 Å². The van der Waals surface area contributed by atoms with E-state index in [0.717, 1.165) is 49.8 Å². The molecule has 24 heavy (non-hydrogen) atoms. The Morgan fingerprint density at radius 1 is 1.08 bits per heavy atom. The fourth-order valence-electron chi connectivity index (χ4n) is 3.48. The minimum atomic E-state index is -0.0361. The van der Waals surface area contributed by atoms with Gasteiger partial charge in [0.05, 0.1) is 6.04 Å². The summed E-state index contributed by atoms with van der Waals surface area (Å²) in [5.41, 5.74) is 1.90. The molecular weight excluding hydrogens is 302 g/mol. The van der Waals surface area contributed by atoms with Gasteiger partial charge in [0, 0.05) is 24.7 Å². The predicted octanol–water partition coefficient (Wildman–Crippen LogP) is 1.86. The Hall–Kier alpha value is -1.88. The van der Waals surface area contributed by atoms with E-state index in [4.69, 9.17) is 0 Å². The molecule has 2 amide bonds. The van der Waals surface area contributed by atoms with E-state index in [0.29, 0.717) is 13.1 Å². The van der Waals surface area contributed by atoms with Crippen LogP contribution in [0, 0.1) is 6.92 Å². The summed E-state index contributed by atoms with van der Waals surface area (Å²) in [7, 11) is 0.